The quantitative estimate of drug-likeness (QED) is 0.496. The average molecular weight is 449 g/mol. The van der Waals surface area contributed by atoms with Crippen molar-refractivity contribution in [3.8, 4) is 22.3 Å². The summed E-state index contributed by atoms with van der Waals surface area (Å²) >= 11 is 6.61. The summed E-state index contributed by atoms with van der Waals surface area (Å²) in [6, 6.07) is 7.57. The molecule has 0 bridgehead atoms. The second-order valence-corrected chi connectivity index (χ2v) is 8.01. The standard InChI is InChI=1S/C23H21ClN6O2/c1-2-30-21-15(11-27-23(29-21)28-17-5-6-32-12-17)7-19(22(30)31)18-4-3-14(8-20(18)24)16-9-25-13-26-10-16/h3-4,7-11,13,17H,2,5-6,12H2,1H3,(H,27,28,29). The van der Waals surface area contributed by atoms with E-state index in [1.165, 1.54) is 6.33 Å². The molecule has 0 spiro atoms. The number of aromatic nitrogens is 5. The summed E-state index contributed by atoms with van der Waals surface area (Å²) in [5.41, 5.74) is 3.34. The smallest absolute Gasteiger partial charge is 0.260 e. The minimum absolute atomic E-state index is 0.147. The third-order valence-corrected chi connectivity index (χ3v) is 5.87. The fourth-order valence-electron chi connectivity index (χ4n) is 3.91. The molecule has 1 aliphatic heterocycles. The van der Waals surface area contributed by atoms with E-state index in [1.807, 2.05) is 25.1 Å². The summed E-state index contributed by atoms with van der Waals surface area (Å²) in [6.45, 7) is 3.75. The molecule has 1 fully saturated rings. The van der Waals surface area contributed by atoms with Crippen molar-refractivity contribution in [2.75, 3.05) is 18.5 Å². The van der Waals surface area contributed by atoms with Gasteiger partial charge >= 0.3 is 0 Å². The molecule has 1 saturated heterocycles. The van der Waals surface area contributed by atoms with Gasteiger partial charge in [-0.3, -0.25) is 9.36 Å². The minimum Gasteiger partial charge on any atom is -0.379 e. The van der Waals surface area contributed by atoms with Gasteiger partial charge < -0.3 is 10.1 Å². The Labute approximate surface area is 189 Å². The lowest BCUT2D eigenvalue weighted by atomic mass is 10.0. The highest BCUT2D eigenvalue weighted by Crippen LogP contribution is 2.31. The topological polar surface area (TPSA) is 94.8 Å². The molecule has 1 aromatic carbocycles. The van der Waals surface area contributed by atoms with Gasteiger partial charge in [0, 0.05) is 58.8 Å². The highest BCUT2D eigenvalue weighted by Gasteiger charge is 2.18. The van der Waals surface area contributed by atoms with Crippen LogP contribution in [-0.2, 0) is 11.3 Å². The van der Waals surface area contributed by atoms with E-state index in [-0.39, 0.29) is 11.6 Å². The molecule has 5 rings (SSSR count). The van der Waals surface area contributed by atoms with Gasteiger partial charge in [-0.05, 0) is 31.0 Å². The first-order valence-electron chi connectivity index (χ1n) is 10.4. The summed E-state index contributed by atoms with van der Waals surface area (Å²) in [6.07, 6.45) is 7.56. The number of aryl methyl sites for hydroxylation is 1. The Morgan fingerprint density at radius 3 is 2.72 bits per heavy atom. The number of hydrogen-bond acceptors (Lipinski definition) is 7. The summed E-state index contributed by atoms with van der Waals surface area (Å²) in [4.78, 5) is 30.5. The van der Waals surface area contributed by atoms with E-state index in [0.29, 0.717) is 40.9 Å². The van der Waals surface area contributed by atoms with E-state index in [9.17, 15) is 4.79 Å². The molecule has 1 atom stereocenters. The number of hydrogen-bond donors (Lipinski definition) is 1. The summed E-state index contributed by atoms with van der Waals surface area (Å²) in [7, 11) is 0. The number of halogens is 1. The fourth-order valence-corrected chi connectivity index (χ4v) is 4.19. The van der Waals surface area contributed by atoms with Gasteiger partial charge in [-0.2, -0.15) is 4.98 Å². The largest absolute Gasteiger partial charge is 0.379 e. The van der Waals surface area contributed by atoms with Gasteiger partial charge in [-0.25, -0.2) is 15.0 Å². The van der Waals surface area contributed by atoms with Crippen molar-refractivity contribution in [1.29, 1.82) is 0 Å². The van der Waals surface area contributed by atoms with E-state index in [1.54, 1.807) is 29.2 Å². The molecule has 1 unspecified atom stereocenters. The van der Waals surface area contributed by atoms with Crippen molar-refractivity contribution in [2.24, 2.45) is 0 Å². The van der Waals surface area contributed by atoms with Crippen LogP contribution in [-0.4, -0.2) is 43.8 Å². The Morgan fingerprint density at radius 2 is 2.00 bits per heavy atom. The second-order valence-electron chi connectivity index (χ2n) is 7.61. The number of nitrogens with one attached hydrogen (secondary N) is 1. The van der Waals surface area contributed by atoms with Crippen LogP contribution in [0.4, 0.5) is 5.95 Å². The summed E-state index contributed by atoms with van der Waals surface area (Å²) in [5.74, 6) is 0.495. The van der Waals surface area contributed by atoms with Crippen molar-refractivity contribution in [3.05, 3.63) is 64.6 Å². The Balaban J connectivity index is 1.57. The van der Waals surface area contributed by atoms with Crippen molar-refractivity contribution < 1.29 is 4.74 Å². The van der Waals surface area contributed by atoms with Gasteiger partial charge in [-0.15, -0.1) is 0 Å². The van der Waals surface area contributed by atoms with Crippen LogP contribution in [0.3, 0.4) is 0 Å². The molecular formula is C23H21ClN6O2. The molecule has 4 heterocycles. The Kier molecular flexibility index (Phi) is 5.55. The maximum atomic E-state index is 13.4. The maximum Gasteiger partial charge on any atom is 0.260 e. The van der Waals surface area contributed by atoms with Crippen molar-refractivity contribution in [2.45, 2.75) is 25.9 Å². The monoisotopic (exact) mass is 448 g/mol. The van der Waals surface area contributed by atoms with Gasteiger partial charge in [0.25, 0.3) is 5.56 Å². The van der Waals surface area contributed by atoms with E-state index >= 15 is 0 Å². The molecule has 0 amide bonds. The van der Waals surface area contributed by atoms with E-state index < -0.39 is 0 Å². The molecule has 0 saturated carbocycles. The number of ether oxygens (including phenoxy) is 1. The molecule has 32 heavy (non-hydrogen) atoms. The molecular weight excluding hydrogens is 428 g/mol. The zero-order valence-electron chi connectivity index (χ0n) is 17.5. The van der Waals surface area contributed by atoms with Crippen LogP contribution in [0.1, 0.15) is 13.3 Å². The van der Waals surface area contributed by atoms with Crippen LogP contribution in [0.25, 0.3) is 33.3 Å². The van der Waals surface area contributed by atoms with Crippen molar-refractivity contribution in [3.63, 3.8) is 0 Å². The van der Waals surface area contributed by atoms with E-state index in [2.05, 4.69) is 25.3 Å². The third kappa shape index (κ3) is 3.83. The maximum absolute atomic E-state index is 13.4. The van der Waals surface area contributed by atoms with E-state index in [4.69, 9.17) is 16.3 Å². The number of fused-ring (bicyclic) bond motifs is 1. The van der Waals surface area contributed by atoms with Crippen molar-refractivity contribution in [1.82, 2.24) is 24.5 Å². The van der Waals surface area contributed by atoms with Gasteiger partial charge in [0.1, 0.15) is 12.0 Å². The predicted molar refractivity (Wildman–Crippen MR) is 124 cm³/mol. The van der Waals surface area contributed by atoms with Gasteiger partial charge in [0.15, 0.2) is 0 Å². The van der Waals surface area contributed by atoms with Gasteiger partial charge in [0.2, 0.25) is 5.95 Å². The molecule has 0 aliphatic carbocycles. The van der Waals surface area contributed by atoms with Crippen LogP contribution in [0.5, 0.6) is 0 Å². The lowest BCUT2D eigenvalue weighted by Gasteiger charge is -2.14. The van der Waals surface area contributed by atoms with Gasteiger partial charge in [0.05, 0.1) is 12.6 Å². The minimum atomic E-state index is -0.147. The molecule has 3 aromatic heterocycles. The summed E-state index contributed by atoms with van der Waals surface area (Å²) < 4.78 is 7.05. The molecule has 4 aromatic rings. The highest BCUT2D eigenvalue weighted by atomic mass is 35.5. The first-order chi connectivity index (χ1) is 15.6. The van der Waals surface area contributed by atoms with E-state index in [0.717, 1.165) is 29.5 Å². The Hall–Kier alpha value is -3.36. The zero-order valence-corrected chi connectivity index (χ0v) is 18.2. The number of pyridine rings is 1. The molecule has 9 heteroatoms. The van der Waals surface area contributed by atoms with Crippen LogP contribution in [0.15, 0.2) is 54.0 Å². The molecule has 1 N–H and O–H groups in total. The normalized spacial score (nSPS) is 15.9. The highest BCUT2D eigenvalue weighted by molar-refractivity contribution is 6.33. The number of rotatable bonds is 5. The molecule has 1 aliphatic rings. The fraction of sp³-hybridized carbons (Fsp3) is 0.261. The van der Waals surface area contributed by atoms with Crippen molar-refractivity contribution >= 4 is 28.6 Å². The molecule has 162 valence electrons. The third-order valence-electron chi connectivity index (χ3n) is 5.56. The number of nitrogens with zero attached hydrogens (tertiary/aromatic N) is 5. The van der Waals surface area contributed by atoms with Gasteiger partial charge in [-0.1, -0.05) is 23.7 Å². The van der Waals surface area contributed by atoms with Crippen LogP contribution in [0, 0.1) is 0 Å². The van der Waals surface area contributed by atoms with Crippen LogP contribution in [0.2, 0.25) is 5.02 Å². The Bertz CT molecular complexity index is 1340. The first-order valence-corrected chi connectivity index (χ1v) is 10.8. The molecule has 8 nitrogen and oxygen atoms in total. The first kappa shape index (κ1) is 20.5. The number of anilines is 1. The zero-order chi connectivity index (χ0) is 22.1. The van der Waals surface area contributed by atoms with Crippen LogP contribution < -0.4 is 10.9 Å². The predicted octanol–water partition coefficient (Wildman–Crippen LogP) is 3.79. The summed E-state index contributed by atoms with van der Waals surface area (Å²) in [5, 5.41) is 4.53. The number of benzene rings is 1. The van der Waals surface area contributed by atoms with Crippen LogP contribution >= 0.6 is 11.6 Å². The Morgan fingerprint density at radius 1 is 1.16 bits per heavy atom. The lowest BCUT2D eigenvalue weighted by molar-refractivity contribution is 0.195. The molecule has 0 radical (unpaired) electrons. The SMILES string of the molecule is CCn1c(=O)c(-c2ccc(-c3cncnc3)cc2Cl)cc2cnc(NC3CCOC3)nc21. The second kappa shape index (κ2) is 8.64. The average Bonchev–Trinajstić information content (AvgIpc) is 3.33. The lowest BCUT2D eigenvalue weighted by Crippen LogP contribution is -2.24.